The molecule has 3 heteroatoms. The molecular formula is C15H17ClO2. The zero-order valence-corrected chi connectivity index (χ0v) is 11.8. The summed E-state index contributed by atoms with van der Waals surface area (Å²) < 4.78 is 11.0. The van der Waals surface area contributed by atoms with Crippen LogP contribution in [-0.4, -0.2) is 7.11 Å². The van der Waals surface area contributed by atoms with Gasteiger partial charge in [0.2, 0.25) is 0 Å². The molecule has 2 rings (SSSR count). The lowest BCUT2D eigenvalue weighted by atomic mass is 9.94. The summed E-state index contributed by atoms with van der Waals surface area (Å²) in [5.74, 6) is 2.46. The Morgan fingerprint density at radius 2 is 1.83 bits per heavy atom. The van der Waals surface area contributed by atoms with Crippen molar-refractivity contribution in [1.82, 2.24) is 0 Å². The third-order valence-corrected chi connectivity index (χ3v) is 3.08. The number of methoxy groups -OCH3 is 1. The van der Waals surface area contributed by atoms with Gasteiger partial charge >= 0.3 is 0 Å². The van der Waals surface area contributed by atoms with E-state index in [2.05, 4.69) is 20.8 Å². The Labute approximate surface area is 113 Å². The lowest BCUT2D eigenvalue weighted by Gasteiger charge is -2.14. The largest absolute Gasteiger partial charge is 0.495 e. The van der Waals surface area contributed by atoms with Crippen molar-refractivity contribution in [3.8, 4) is 17.1 Å². The van der Waals surface area contributed by atoms with Crippen LogP contribution in [0, 0.1) is 0 Å². The van der Waals surface area contributed by atoms with Crippen molar-refractivity contribution >= 4 is 11.6 Å². The van der Waals surface area contributed by atoms with E-state index >= 15 is 0 Å². The van der Waals surface area contributed by atoms with Crippen molar-refractivity contribution in [2.24, 2.45) is 0 Å². The van der Waals surface area contributed by atoms with Crippen molar-refractivity contribution in [2.45, 2.75) is 26.2 Å². The molecule has 1 heterocycles. The van der Waals surface area contributed by atoms with Crippen LogP contribution < -0.4 is 4.74 Å². The third kappa shape index (κ3) is 2.54. The first-order valence-corrected chi connectivity index (χ1v) is 6.24. The van der Waals surface area contributed by atoms with E-state index in [1.54, 1.807) is 7.11 Å². The Bertz CT molecular complexity index is 550. The number of ether oxygens (including phenoxy) is 1. The molecule has 0 atom stereocenters. The summed E-state index contributed by atoms with van der Waals surface area (Å²) in [5, 5.41) is 0.587. The van der Waals surface area contributed by atoms with Crippen LogP contribution in [0.2, 0.25) is 5.02 Å². The van der Waals surface area contributed by atoms with E-state index in [0.29, 0.717) is 10.8 Å². The van der Waals surface area contributed by atoms with Gasteiger partial charge in [-0.1, -0.05) is 32.4 Å². The number of furan rings is 1. The van der Waals surface area contributed by atoms with Gasteiger partial charge in [0, 0.05) is 11.0 Å². The molecule has 0 amide bonds. The van der Waals surface area contributed by atoms with Gasteiger partial charge in [-0.25, -0.2) is 0 Å². The fourth-order valence-corrected chi connectivity index (χ4v) is 1.97. The number of halogens is 1. The summed E-state index contributed by atoms with van der Waals surface area (Å²) >= 11 is 6.11. The SMILES string of the molecule is COc1ccc(-c2ccc(C(C)(C)C)o2)cc1Cl. The molecule has 0 aliphatic rings. The Morgan fingerprint density at radius 1 is 1.11 bits per heavy atom. The summed E-state index contributed by atoms with van der Waals surface area (Å²) in [6, 6.07) is 9.62. The van der Waals surface area contributed by atoms with Crippen LogP contribution in [-0.2, 0) is 5.41 Å². The first-order chi connectivity index (χ1) is 8.41. The molecule has 0 saturated heterocycles. The van der Waals surface area contributed by atoms with Gasteiger partial charge in [0.25, 0.3) is 0 Å². The van der Waals surface area contributed by atoms with Gasteiger partial charge in [-0.3, -0.25) is 0 Å². The van der Waals surface area contributed by atoms with E-state index in [0.717, 1.165) is 17.1 Å². The standard InChI is InChI=1S/C15H17ClO2/c1-15(2,3)14-8-7-12(18-14)10-5-6-13(17-4)11(16)9-10/h5-9H,1-4H3. The minimum Gasteiger partial charge on any atom is -0.495 e. The number of hydrogen-bond acceptors (Lipinski definition) is 2. The van der Waals surface area contributed by atoms with E-state index in [4.69, 9.17) is 20.8 Å². The maximum atomic E-state index is 6.11. The molecule has 1 aromatic heterocycles. The summed E-state index contributed by atoms with van der Waals surface area (Å²) in [7, 11) is 1.60. The zero-order chi connectivity index (χ0) is 13.3. The van der Waals surface area contributed by atoms with Crippen LogP contribution in [0.15, 0.2) is 34.7 Å². The molecule has 0 aliphatic carbocycles. The molecule has 2 aromatic rings. The second kappa shape index (κ2) is 4.69. The quantitative estimate of drug-likeness (QED) is 0.769. The first kappa shape index (κ1) is 13.0. The van der Waals surface area contributed by atoms with E-state index in [-0.39, 0.29) is 5.41 Å². The number of hydrogen-bond donors (Lipinski definition) is 0. The van der Waals surface area contributed by atoms with E-state index in [1.165, 1.54) is 0 Å². The molecule has 96 valence electrons. The van der Waals surface area contributed by atoms with E-state index < -0.39 is 0 Å². The van der Waals surface area contributed by atoms with Gasteiger partial charge in [-0.2, -0.15) is 0 Å². The lowest BCUT2D eigenvalue weighted by molar-refractivity contribution is 0.413. The number of rotatable bonds is 2. The molecule has 0 radical (unpaired) electrons. The molecule has 0 unspecified atom stereocenters. The molecule has 0 saturated carbocycles. The summed E-state index contributed by atoms with van der Waals surface area (Å²) in [6.45, 7) is 6.36. The average molecular weight is 265 g/mol. The molecule has 0 fully saturated rings. The second-order valence-electron chi connectivity index (χ2n) is 5.26. The molecule has 18 heavy (non-hydrogen) atoms. The fourth-order valence-electron chi connectivity index (χ4n) is 1.72. The van der Waals surface area contributed by atoms with Crippen LogP contribution in [0.4, 0.5) is 0 Å². The van der Waals surface area contributed by atoms with Crippen LogP contribution >= 0.6 is 11.6 Å². The monoisotopic (exact) mass is 264 g/mol. The lowest BCUT2D eigenvalue weighted by Crippen LogP contribution is -2.08. The summed E-state index contributed by atoms with van der Waals surface area (Å²) in [4.78, 5) is 0. The van der Waals surface area contributed by atoms with Gasteiger partial charge < -0.3 is 9.15 Å². The highest BCUT2D eigenvalue weighted by Gasteiger charge is 2.18. The highest BCUT2D eigenvalue weighted by atomic mass is 35.5. The maximum absolute atomic E-state index is 6.11. The highest BCUT2D eigenvalue weighted by Crippen LogP contribution is 2.33. The molecule has 0 aliphatic heterocycles. The van der Waals surface area contributed by atoms with E-state index in [1.807, 2.05) is 30.3 Å². The first-order valence-electron chi connectivity index (χ1n) is 5.86. The van der Waals surface area contributed by atoms with Crippen molar-refractivity contribution in [2.75, 3.05) is 7.11 Å². The van der Waals surface area contributed by atoms with Crippen molar-refractivity contribution < 1.29 is 9.15 Å². The van der Waals surface area contributed by atoms with Crippen molar-refractivity contribution in [3.63, 3.8) is 0 Å². The summed E-state index contributed by atoms with van der Waals surface area (Å²) in [6.07, 6.45) is 0. The Hall–Kier alpha value is -1.41. The third-order valence-electron chi connectivity index (χ3n) is 2.78. The average Bonchev–Trinajstić information content (AvgIpc) is 2.77. The topological polar surface area (TPSA) is 22.4 Å². The molecule has 1 aromatic carbocycles. The van der Waals surface area contributed by atoms with Crippen LogP contribution in [0.25, 0.3) is 11.3 Å². The van der Waals surface area contributed by atoms with Crippen LogP contribution in [0.1, 0.15) is 26.5 Å². The molecule has 0 bridgehead atoms. The van der Waals surface area contributed by atoms with Crippen molar-refractivity contribution in [3.05, 3.63) is 41.1 Å². The van der Waals surface area contributed by atoms with Crippen molar-refractivity contribution in [1.29, 1.82) is 0 Å². The molecule has 0 N–H and O–H groups in total. The zero-order valence-electron chi connectivity index (χ0n) is 11.1. The van der Waals surface area contributed by atoms with Gasteiger partial charge in [-0.05, 0) is 30.3 Å². The highest BCUT2D eigenvalue weighted by molar-refractivity contribution is 6.32. The minimum absolute atomic E-state index is 0.00845. The smallest absolute Gasteiger partial charge is 0.137 e. The van der Waals surface area contributed by atoms with Gasteiger partial charge in [-0.15, -0.1) is 0 Å². The Morgan fingerprint density at radius 3 is 2.33 bits per heavy atom. The second-order valence-corrected chi connectivity index (χ2v) is 5.67. The van der Waals surface area contributed by atoms with Crippen LogP contribution in [0.5, 0.6) is 5.75 Å². The Kier molecular flexibility index (Phi) is 3.40. The molecule has 0 spiro atoms. The van der Waals surface area contributed by atoms with Gasteiger partial charge in [0.15, 0.2) is 0 Å². The predicted octanol–water partition coefficient (Wildman–Crippen LogP) is 4.91. The maximum Gasteiger partial charge on any atom is 0.137 e. The normalized spacial score (nSPS) is 11.6. The van der Waals surface area contributed by atoms with Gasteiger partial charge in [0.05, 0.1) is 12.1 Å². The van der Waals surface area contributed by atoms with Crippen LogP contribution in [0.3, 0.4) is 0 Å². The molecule has 2 nitrogen and oxygen atoms in total. The Balaban J connectivity index is 2.38. The summed E-state index contributed by atoms with van der Waals surface area (Å²) in [5.41, 5.74) is 0.963. The minimum atomic E-state index is 0.00845. The number of benzene rings is 1. The predicted molar refractivity (Wildman–Crippen MR) is 74.4 cm³/mol. The molecular weight excluding hydrogens is 248 g/mol. The fraction of sp³-hybridized carbons (Fsp3) is 0.333. The van der Waals surface area contributed by atoms with E-state index in [9.17, 15) is 0 Å². The van der Waals surface area contributed by atoms with Gasteiger partial charge in [0.1, 0.15) is 17.3 Å².